The standard InChI is InChI=1S/5C18H28OS.5FH/c5*1-2-3-4-5-15-6-8-16(9-7-15)14-19-17-10-12-18(20)13-11-17;;;;;/h5*10-13,15-16,20H,2-9,14H2,1H3;5*1H. The van der Waals surface area contributed by atoms with Crippen molar-refractivity contribution in [1.29, 1.82) is 0 Å². The van der Waals surface area contributed by atoms with Crippen molar-refractivity contribution >= 4 is 63.1 Å². The number of halogens is 5. The van der Waals surface area contributed by atoms with Crippen molar-refractivity contribution < 1.29 is 47.2 Å². The predicted octanol–water partition coefficient (Wildman–Crippen LogP) is 29.5. The first-order valence-electron chi connectivity index (χ1n) is 41.0. The van der Waals surface area contributed by atoms with Crippen LogP contribution in [0.15, 0.2) is 146 Å². The SMILES string of the molecule is CCCCCC1CCC(COc2ccc(S)cc2)CC1.CCCCCC1CCC(COc2ccc(S)cc2)CC1.CCCCCC1CCC(COc2ccc(S)cc2)CC1.CCCCCC1CCC(COc2ccc(S)cc2)CC1.CCCCCC1CCC(COc2ccc(S)cc2)CC1.F.F.F.F.F. The van der Waals surface area contributed by atoms with Crippen LogP contribution in [-0.2, 0) is 0 Å². The average molecular weight is 1560 g/mol. The number of unbranched alkanes of at least 4 members (excludes halogenated alkanes) is 10. The normalized spacial score (nSPS) is 21.6. The van der Waals surface area contributed by atoms with Gasteiger partial charge in [0.2, 0.25) is 0 Å². The van der Waals surface area contributed by atoms with E-state index < -0.39 is 0 Å². The number of hydrogen-bond acceptors (Lipinski definition) is 10. The fourth-order valence-electron chi connectivity index (χ4n) is 15.6. The van der Waals surface area contributed by atoms with Gasteiger partial charge in [-0.1, -0.05) is 227 Å². The summed E-state index contributed by atoms with van der Waals surface area (Å²) in [6, 6.07) is 40.0. The molecule has 0 aliphatic heterocycles. The molecule has 5 aliphatic carbocycles. The molecule has 5 saturated carbocycles. The zero-order chi connectivity index (χ0) is 71.0. The quantitative estimate of drug-likeness (QED) is 0.0159. The molecule has 0 atom stereocenters. The summed E-state index contributed by atoms with van der Waals surface area (Å²) in [5.74, 6) is 13.6. The van der Waals surface area contributed by atoms with E-state index in [9.17, 15) is 0 Å². The highest BCUT2D eigenvalue weighted by Crippen LogP contribution is 2.38. The van der Waals surface area contributed by atoms with Crippen LogP contribution in [0, 0.1) is 59.2 Å². The zero-order valence-corrected chi connectivity index (χ0v) is 69.9. The summed E-state index contributed by atoms with van der Waals surface area (Å²) in [4.78, 5) is 4.95. The minimum Gasteiger partial charge on any atom is -0.493 e. The lowest BCUT2D eigenvalue weighted by molar-refractivity contribution is 0.177. The molecule has 0 saturated heterocycles. The summed E-state index contributed by atoms with van der Waals surface area (Å²) in [5.41, 5.74) is 0. The van der Waals surface area contributed by atoms with Crippen LogP contribution >= 0.6 is 63.1 Å². The molecule has 0 N–H and O–H groups in total. The molecule has 5 aliphatic rings. The Morgan fingerprint density at radius 2 is 0.324 bits per heavy atom. The van der Waals surface area contributed by atoms with Crippen LogP contribution in [0.1, 0.15) is 291 Å². The van der Waals surface area contributed by atoms with Crippen LogP contribution < -0.4 is 23.7 Å². The van der Waals surface area contributed by atoms with Gasteiger partial charge in [-0.2, -0.15) is 0 Å². The molecule has 0 radical (unpaired) electrons. The third kappa shape index (κ3) is 45.4. The largest absolute Gasteiger partial charge is 0.493 e. The van der Waals surface area contributed by atoms with E-state index in [-0.39, 0.29) is 23.5 Å². The Labute approximate surface area is 664 Å². The number of thiol groups is 5. The maximum atomic E-state index is 5.90. The molecule has 105 heavy (non-hydrogen) atoms. The van der Waals surface area contributed by atoms with Crippen LogP contribution in [0.5, 0.6) is 28.7 Å². The lowest BCUT2D eigenvalue weighted by Gasteiger charge is -2.28. The van der Waals surface area contributed by atoms with Gasteiger partial charge in [0.25, 0.3) is 0 Å². The van der Waals surface area contributed by atoms with Crippen molar-refractivity contribution in [2.24, 2.45) is 59.2 Å². The molecule has 600 valence electrons. The number of rotatable bonds is 35. The van der Waals surface area contributed by atoms with Crippen molar-refractivity contribution in [3.63, 3.8) is 0 Å². The van der Waals surface area contributed by atoms with E-state index in [4.69, 9.17) is 23.7 Å². The third-order valence-corrected chi connectivity index (χ3v) is 24.0. The first-order valence-corrected chi connectivity index (χ1v) is 43.2. The van der Waals surface area contributed by atoms with E-state index in [1.54, 1.807) is 0 Å². The molecule has 0 bridgehead atoms. The van der Waals surface area contributed by atoms with Gasteiger partial charge in [0, 0.05) is 24.5 Å². The molecule has 15 heteroatoms. The highest BCUT2D eigenvalue weighted by atomic mass is 32.1. The molecule has 5 aromatic rings. The Hall–Kier alpha value is -3.50. The van der Waals surface area contributed by atoms with Crippen LogP contribution in [0.4, 0.5) is 23.5 Å². The Kier molecular flexibility index (Phi) is 58.9. The fourth-order valence-corrected chi connectivity index (χ4v) is 16.4. The van der Waals surface area contributed by atoms with E-state index in [0.717, 1.165) is 145 Å². The van der Waals surface area contributed by atoms with Crippen LogP contribution in [-0.4, -0.2) is 33.0 Å². The minimum absolute atomic E-state index is 0. The minimum atomic E-state index is 0. The van der Waals surface area contributed by atoms with Crippen molar-refractivity contribution in [1.82, 2.24) is 0 Å². The summed E-state index contributed by atoms with van der Waals surface area (Å²) in [6.45, 7) is 15.8. The van der Waals surface area contributed by atoms with E-state index in [2.05, 4.69) is 97.8 Å². The first-order chi connectivity index (χ1) is 48.9. The monoisotopic (exact) mass is 1560 g/mol. The molecule has 0 amide bonds. The van der Waals surface area contributed by atoms with Crippen LogP contribution in [0.25, 0.3) is 0 Å². The van der Waals surface area contributed by atoms with E-state index in [1.165, 1.54) is 257 Å². The third-order valence-electron chi connectivity index (χ3n) is 22.5. The highest BCUT2D eigenvalue weighted by Gasteiger charge is 2.26. The number of hydrogen-bond donors (Lipinski definition) is 5. The summed E-state index contributed by atoms with van der Waals surface area (Å²) >= 11 is 21.5. The second-order valence-corrected chi connectivity index (χ2v) is 33.5. The summed E-state index contributed by atoms with van der Waals surface area (Å²) < 4.78 is 29.5. The summed E-state index contributed by atoms with van der Waals surface area (Å²) in [6.07, 6.45) is 55.7. The molecule has 0 aromatic heterocycles. The molecule has 5 aromatic carbocycles. The van der Waals surface area contributed by atoms with Gasteiger partial charge in [-0.3, -0.25) is 23.5 Å². The van der Waals surface area contributed by atoms with Gasteiger partial charge in [0.1, 0.15) is 28.7 Å². The second kappa shape index (κ2) is 62.2. The smallest absolute Gasteiger partial charge is 0.119 e. The van der Waals surface area contributed by atoms with Crippen molar-refractivity contribution in [2.45, 2.75) is 316 Å². The Bertz CT molecular complexity index is 2290. The molecule has 0 spiro atoms. The number of ether oxygens (including phenoxy) is 5. The van der Waals surface area contributed by atoms with E-state index in [0.29, 0.717) is 0 Å². The van der Waals surface area contributed by atoms with Crippen molar-refractivity contribution in [3.8, 4) is 28.7 Å². The lowest BCUT2D eigenvalue weighted by atomic mass is 9.80. The molecular weight excluding hydrogens is 1420 g/mol. The van der Waals surface area contributed by atoms with E-state index in [1.807, 2.05) is 121 Å². The first kappa shape index (κ1) is 99.5. The zero-order valence-electron chi connectivity index (χ0n) is 65.5. The molecule has 10 rings (SSSR count). The molecule has 5 nitrogen and oxygen atoms in total. The van der Waals surface area contributed by atoms with Gasteiger partial charge >= 0.3 is 0 Å². The average Bonchev–Trinajstić information content (AvgIpc) is 0.996. The second-order valence-electron chi connectivity index (χ2n) is 30.9. The Balaban J connectivity index is 0.000000649. The highest BCUT2D eigenvalue weighted by molar-refractivity contribution is 7.81. The van der Waals surface area contributed by atoms with Gasteiger partial charge in [-0.15, -0.1) is 63.1 Å². The van der Waals surface area contributed by atoms with Crippen molar-refractivity contribution in [3.05, 3.63) is 121 Å². The van der Waals surface area contributed by atoms with Gasteiger partial charge < -0.3 is 23.7 Å². The topological polar surface area (TPSA) is 46.2 Å². The Morgan fingerprint density at radius 3 is 0.448 bits per heavy atom. The molecule has 5 fully saturated rings. The van der Waals surface area contributed by atoms with Gasteiger partial charge in [-0.05, 0) is 245 Å². The maximum absolute atomic E-state index is 5.90. The summed E-state index contributed by atoms with van der Waals surface area (Å²) in [7, 11) is 0. The van der Waals surface area contributed by atoms with E-state index >= 15 is 0 Å². The van der Waals surface area contributed by atoms with Crippen LogP contribution in [0.2, 0.25) is 0 Å². The molecule has 0 heterocycles. The Morgan fingerprint density at radius 1 is 0.200 bits per heavy atom. The lowest BCUT2D eigenvalue weighted by Crippen LogP contribution is -2.20. The van der Waals surface area contributed by atoms with Gasteiger partial charge in [0.15, 0.2) is 0 Å². The molecular formula is C90H145F5O5S5. The van der Waals surface area contributed by atoms with Gasteiger partial charge in [-0.25, -0.2) is 0 Å². The summed E-state index contributed by atoms with van der Waals surface area (Å²) in [5, 5.41) is 0. The molecule has 0 unspecified atom stereocenters. The fraction of sp³-hybridized carbons (Fsp3) is 0.667. The predicted molar refractivity (Wildman–Crippen MR) is 456 cm³/mol. The van der Waals surface area contributed by atoms with Crippen molar-refractivity contribution in [2.75, 3.05) is 33.0 Å². The van der Waals surface area contributed by atoms with Crippen LogP contribution in [0.3, 0.4) is 0 Å². The maximum Gasteiger partial charge on any atom is 0.119 e. The van der Waals surface area contributed by atoms with Gasteiger partial charge in [0.05, 0.1) is 33.0 Å². The number of benzene rings is 5.